The molecule has 2 heterocycles. The van der Waals surface area contributed by atoms with Crippen LogP contribution < -0.4 is 0 Å². The van der Waals surface area contributed by atoms with Crippen LogP contribution in [0.2, 0.25) is 0 Å². The smallest absolute Gasteiger partial charge is 0.337 e. The first kappa shape index (κ1) is 9.15. The van der Waals surface area contributed by atoms with E-state index in [1.807, 2.05) is 7.05 Å². The maximum Gasteiger partial charge on any atom is 0.337 e. The van der Waals surface area contributed by atoms with Crippen molar-refractivity contribution in [1.82, 2.24) is 9.88 Å². The molecule has 1 aromatic heterocycles. The zero-order valence-electron chi connectivity index (χ0n) is 8.03. The molecule has 1 aromatic rings. The topological polar surface area (TPSA) is 53.4 Å². The number of nitrogens with zero attached hydrogens (tertiary/aromatic N) is 2. The highest BCUT2D eigenvalue weighted by atomic mass is 16.4. The molecule has 0 spiro atoms. The number of hydrogen-bond donors (Lipinski definition) is 1. The third-order valence-corrected chi connectivity index (χ3v) is 2.49. The van der Waals surface area contributed by atoms with Crippen LogP contribution in [0.4, 0.5) is 0 Å². The average molecular weight is 192 g/mol. The Labute approximate surface area is 82.2 Å². The van der Waals surface area contributed by atoms with Gasteiger partial charge in [-0.1, -0.05) is 0 Å². The van der Waals surface area contributed by atoms with E-state index in [-0.39, 0.29) is 5.56 Å². The van der Waals surface area contributed by atoms with Crippen molar-refractivity contribution in [3.8, 4) is 0 Å². The fraction of sp³-hybridized carbons (Fsp3) is 0.400. The van der Waals surface area contributed by atoms with Crippen LogP contribution in [0.25, 0.3) is 0 Å². The largest absolute Gasteiger partial charge is 0.478 e. The highest BCUT2D eigenvalue weighted by Gasteiger charge is 2.15. The number of fused-ring (bicyclic) bond motifs is 1. The van der Waals surface area contributed by atoms with Gasteiger partial charge in [0, 0.05) is 19.3 Å². The fourth-order valence-corrected chi connectivity index (χ4v) is 1.66. The minimum atomic E-state index is -0.903. The van der Waals surface area contributed by atoms with Gasteiger partial charge in [-0.3, -0.25) is 4.98 Å². The van der Waals surface area contributed by atoms with Gasteiger partial charge in [-0.2, -0.15) is 0 Å². The first-order valence-corrected chi connectivity index (χ1v) is 4.56. The Kier molecular flexibility index (Phi) is 2.21. The molecule has 74 valence electrons. The molecule has 0 aromatic carbocycles. The summed E-state index contributed by atoms with van der Waals surface area (Å²) in [4.78, 5) is 17.0. The van der Waals surface area contributed by atoms with Gasteiger partial charge in [0.1, 0.15) is 0 Å². The Balaban J connectivity index is 2.36. The summed E-state index contributed by atoms with van der Waals surface area (Å²) < 4.78 is 0. The lowest BCUT2D eigenvalue weighted by Crippen LogP contribution is -2.27. The highest BCUT2D eigenvalue weighted by Crippen LogP contribution is 2.16. The molecule has 0 unspecified atom stereocenters. The number of carboxylic acids is 1. The van der Waals surface area contributed by atoms with E-state index in [0.29, 0.717) is 0 Å². The molecular weight excluding hydrogens is 180 g/mol. The van der Waals surface area contributed by atoms with Crippen molar-refractivity contribution in [3.05, 3.63) is 29.1 Å². The number of likely N-dealkylation sites (N-methyl/N-ethyl adjacent to an activating group) is 1. The van der Waals surface area contributed by atoms with E-state index in [1.54, 1.807) is 6.07 Å². The number of carbonyl (C=O) groups is 1. The zero-order chi connectivity index (χ0) is 10.1. The van der Waals surface area contributed by atoms with E-state index < -0.39 is 5.97 Å². The minimum Gasteiger partial charge on any atom is -0.478 e. The second-order valence-corrected chi connectivity index (χ2v) is 3.62. The molecule has 0 aliphatic carbocycles. The van der Waals surface area contributed by atoms with Gasteiger partial charge in [0.15, 0.2) is 0 Å². The Morgan fingerprint density at radius 1 is 1.64 bits per heavy atom. The Morgan fingerprint density at radius 2 is 2.43 bits per heavy atom. The van der Waals surface area contributed by atoms with Crippen molar-refractivity contribution < 1.29 is 9.90 Å². The summed E-state index contributed by atoms with van der Waals surface area (Å²) in [6.45, 7) is 1.78. The second-order valence-electron chi connectivity index (χ2n) is 3.62. The van der Waals surface area contributed by atoms with E-state index in [0.717, 1.165) is 30.8 Å². The SMILES string of the molecule is CN1CCc2cc(C(=O)O)cnc2C1. The second kappa shape index (κ2) is 3.38. The van der Waals surface area contributed by atoms with Crippen LogP contribution in [0.15, 0.2) is 12.3 Å². The molecular formula is C10H12N2O2. The maximum absolute atomic E-state index is 10.7. The molecule has 0 fully saturated rings. The van der Waals surface area contributed by atoms with Crippen molar-refractivity contribution in [1.29, 1.82) is 0 Å². The lowest BCUT2D eigenvalue weighted by molar-refractivity contribution is 0.0696. The average Bonchev–Trinajstić information content (AvgIpc) is 2.16. The summed E-state index contributed by atoms with van der Waals surface area (Å²) in [5.41, 5.74) is 2.36. The van der Waals surface area contributed by atoms with Crippen molar-refractivity contribution in [2.45, 2.75) is 13.0 Å². The first-order valence-electron chi connectivity index (χ1n) is 4.56. The Hall–Kier alpha value is -1.42. The van der Waals surface area contributed by atoms with Crippen molar-refractivity contribution in [3.63, 3.8) is 0 Å². The van der Waals surface area contributed by atoms with Crippen LogP contribution in [0.5, 0.6) is 0 Å². The van der Waals surface area contributed by atoms with Gasteiger partial charge in [0.25, 0.3) is 0 Å². The predicted octanol–water partition coefficient (Wildman–Crippen LogP) is 0.768. The number of hydrogen-bond acceptors (Lipinski definition) is 3. The monoisotopic (exact) mass is 192 g/mol. The van der Waals surface area contributed by atoms with Gasteiger partial charge in [0.05, 0.1) is 11.3 Å². The van der Waals surface area contributed by atoms with Gasteiger partial charge in [-0.25, -0.2) is 4.79 Å². The molecule has 4 heteroatoms. The molecule has 1 N–H and O–H groups in total. The van der Waals surface area contributed by atoms with Crippen LogP contribution in [-0.2, 0) is 13.0 Å². The first-order chi connectivity index (χ1) is 6.66. The van der Waals surface area contributed by atoms with Crippen LogP contribution in [-0.4, -0.2) is 34.6 Å². The molecule has 2 rings (SSSR count). The van der Waals surface area contributed by atoms with Crippen LogP contribution in [0.1, 0.15) is 21.6 Å². The van der Waals surface area contributed by atoms with Gasteiger partial charge in [0.2, 0.25) is 0 Å². The molecule has 14 heavy (non-hydrogen) atoms. The number of aromatic nitrogens is 1. The lowest BCUT2D eigenvalue weighted by Gasteiger charge is -2.23. The minimum absolute atomic E-state index is 0.285. The number of rotatable bonds is 1. The fourth-order valence-electron chi connectivity index (χ4n) is 1.66. The third-order valence-electron chi connectivity index (χ3n) is 2.49. The molecule has 0 saturated carbocycles. The summed E-state index contributed by atoms with van der Waals surface area (Å²) in [6.07, 6.45) is 2.32. The molecule has 0 saturated heterocycles. The molecule has 0 atom stereocenters. The van der Waals surface area contributed by atoms with Crippen molar-refractivity contribution in [2.24, 2.45) is 0 Å². The quantitative estimate of drug-likeness (QED) is 0.714. The summed E-state index contributed by atoms with van der Waals surface area (Å²) >= 11 is 0. The number of aromatic carboxylic acids is 1. The summed E-state index contributed by atoms with van der Waals surface area (Å²) in [7, 11) is 2.04. The van der Waals surface area contributed by atoms with Crippen molar-refractivity contribution >= 4 is 5.97 Å². The Bertz CT molecular complexity index is 376. The normalized spacial score (nSPS) is 16.4. The Morgan fingerprint density at radius 3 is 3.14 bits per heavy atom. The van der Waals surface area contributed by atoms with Crippen LogP contribution in [0.3, 0.4) is 0 Å². The summed E-state index contributed by atoms with van der Waals surface area (Å²) in [6, 6.07) is 1.73. The van der Waals surface area contributed by atoms with E-state index >= 15 is 0 Å². The highest BCUT2D eigenvalue weighted by molar-refractivity contribution is 5.87. The van der Waals surface area contributed by atoms with Crippen LogP contribution >= 0.6 is 0 Å². The molecule has 4 nitrogen and oxygen atoms in total. The lowest BCUT2D eigenvalue weighted by atomic mass is 10.0. The zero-order valence-corrected chi connectivity index (χ0v) is 8.03. The van der Waals surface area contributed by atoms with E-state index in [2.05, 4.69) is 9.88 Å². The van der Waals surface area contributed by atoms with Gasteiger partial charge < -0.3 is 10.0 Å². The molecule has 1 aliphatic heterocycles. The maximum atomic E-state index is 10.7. The van der Waals surface area contributed by atoms with Gasteiger partial charge >= 0.3 is 5.97 Å². The van der Waals surface area contributed by atoms with Gasteiger partial charge in [-0.05, 0) is 25.1 Å². The third kappa shape index (κ3) is 1.61. The summed E-state index contributed by atoms with van der Waals surface area (Å²) in [5.74, 6) is -0.903. The molecule has 1 aliphatic rings. The molecule has 0 radical (unpaired) electrons. The molecule has 0 amide bonds. The van der Waals surface area contributed by atoms with Crippen molar-refractivity contribution in [2.75, 3.05) is 13.6 Å². The standard InChI is InChI=1S/C10H12N2O2/c1-12-3-2-7-4-8(10(13)14)5-11-9(7)6-12/h4-5H,2-3,6H2,1H3,(H,13,14). The number of carboxylic acid groups (broad SMARTS) is 1. The van der Waals surface area contributed by atoms with Crippen LogP contribution in [0, 0.1) is 0 Å². The van der Waals surface area contributed by atoms with E-state index in [4.69, 9.17) is 5.11 Å². The van der Waals surface area contributed by atoms with Gasteiger partial charge in [-0.15, -0.1) is 0 Å². The summed E-state index contributed by atoms with van der Waals surface area (Å²) in [5, 5.41) is 8.79. The molecule has 0 bridgehead atoms. The van der Waals surface area contributed by atoms with E-state index in [9.17, 15) is 4.79 Å². The number of pyridine rings is 1. The predicted molar refractivity (Wildman–Crippen MR) is 51.2 cm³/mol. The van der Waals surface area contributed by atoms with E-state index in [1.165, 1.54) is 6.20 Å².